The molecule has 0 aromatic carbocycles. The van der Waals surface area contributed by atoms with Gasteiger partial charge in [0, 0.05) is 19.0 Å². The maximum atomic E-state index is 9.20. The fraction of sp³-hybridized carbons (Fsp3) is 0.417. The van der Waals surface area contributed by atoms with Crippen molar-refractivity contribution in [3.05, 3.63) is 27.3 Å². The summed E-state index contributed by atoms with van der Waals surface area (Å²) in [6.07, 6.45) is 0. The third-order valence-corrected chi connectivity index (χ3v) is 3.81. The Kier molecular flexibility index (Phi) is 3.34. The van der Waals surface area contributed by atoms with Crippen LogP contribution in [0.1, 0.15) is 21.8 Å². The smallest absolute Gasteiger partial charge is 0.145 e. The lowest BCUT2D eigenvalue weighted by Gasteiger charge is -2.18. The molecular formula is C12H15N5S. The number of aromatic nitrogens is 3. The molecule has 0 amide bonds. The molecule has 0 bridgehead atoms. The van der Waals surface area contributed by atoms with E-state index in [1.807, 2.05) is 38.4 Å². The Labute approximate surface area is 110 Å². The summed E-state index contributed by atoms with van der Waals surface area (Å²) in [5, 5.41) is 13.5. The number of hydrogen-bond donors (Lipinski definition) is 0. The summed E-state index contributed by atoms with van der Waals surface area (Å²) < 4.78 is 1.75. The van der Waals surface area contributed by atoms with Crippen molar-refractivity contribution in [1.29, 1.82) is 5.26 Å². The van der Waals surface area contributed by atoms with E-state index in [-0.39, 0.29) is 0 Å². The van der Waals surface area contributed by atoms with E-state index in [2.05, 4.69) is 16.2 Å². The van der Waals surface area contributed by atoms with Crippen LogP contribution >= 0.6 is 11.3 Å². The molecule has 0 fully saturated rings. The first-order chi connectivity index (χ1) is 8.54. The van der Waals surface area contributed by atoms with Crippen LogP contribution in [0, 0.1) is 25.2 Å². The summed E-state index contributed by atoms with van der Waals surface area (Å²) in [5.74, 6) is 0.850. The van der Waals surface area contributed by atoms with E-state index in [0.29, 0.717) is 5.56 Å². The van der Waals surface area contributed by atoms with Crippen LogP contribution in [0.25, 0.3) is 0 Å². The van der Waals surface area contributed by atoms with Crippen molar-refractivity contribution >= 4 is 17.2 Å². The van der Waals surface area contributed by atoms with E-state index < -0.39 is 0 Å². The summed E-state index contributed by atoms with van der Waals surface area (Å²) in [6, 6.07) is 2.22. The molecule has 0 aliphatic rings. The third kappa shape index (κ3) is 2.09. The van der Waals surface area contributed by atoms with Crippen molar-refractivity contribution in [1.82, 2.24) is 14.8 Å². The van der Waals surface area contributed by atoms with Gasteiger partial charge in [0.15, 0.2) is 0 Å². The quantitative estimate of drug-likeness (QED) is 0.848. The molecule has 0 atom stereocenters. The molecule has 0 radical (unpaired) electrons. The molecule has 2 rings (SSSR count). The molecule has 5 nitrogen and oxygen atoms in total. The third-order valence-electron chi connectivity index (χ3n) is 2.89. The lowest BCUT2D eigenvalue weighted by Crippen LogP contribution is -2.20. The van der Waals surface area contributed by atoms with Crippen LogP contribution in [0.4, 0.5) is 5.82 Å². The van der Waals surface area contributed by atoms with Crippen molar-refractivity contribution in [2.24, 2.45) is 7.05 Å². The number of hydrogen-bond acceptors (Lipinski definition) is 5. The Morgan fingerprint density at radius 2 is 2.17 bits per heavy atom. The zero-order valence-corrected chi connectivity index (χ0v) is 11.7. The highest BCUT2D eigenvalue weighted by Gasteiger charge is 2.17. The number of thiazole rings is 1. The van der Waals surface area contributed by atoms with Gasteiger partial charge >= 0.3 is 0 Å². The van der Waals surface area contributed by atoms with Gasteiger partial charge in [-0.3, -0.25) is 4.68 Å². The molecule has 0 N–H and O–H groups in total. The van der Waals surface area contributed by atoms with Gasteiger partial charge in [-0.2, -0.15) is 10.4 Å². The van der Waals surface area contributed by atoms with Crippen molar-refractivity contribution in [3.63, 3.8) is 0 Å². The highest BCUT2D eigenvalue weighted by molar-refractivity contribution is 7.09. The molecule has 94 valence electrons. The van der Waals surface area contributed by atoms with Gasteiger partial charge in [0.05, 0.1) is 23.4 Å². The highest BCUT2D eigenvalue weighted by atomic mass is 32.1. The van der Waals surface area contributed by atoms with E-state index in [0.717, 1.165) is 23.8 Å². The first-order valence-corrected chi connectivity index (χ1v) is 6.46. The van der Waals surface area contributed by atoms with Gasteiger partial charge in [0.1, 0.15) is 17.5 Å². The van der Waals surface area contributed by atoms with E-state index in [4.69, 9.17) is 0 Å². The molecule has 0 unspecified atom stereocenters. The lowest BCUT2D eigenvalue weighted by molar-refractivity contribution is 0.727. The van der Waals surface area contributed by atoms with Gasteiger partial charge in [0.25, 0.3) is 0 Å². The SMILES string of the molecule is Cc1ncsc1CN(C)c1c(C#N)c(C)nn1C. The summed E-state index contributed by atoms with van der Waals surface area (Å²) in [6.45, 7) is 4.59. The molecule has 0 aliphatic carbocycles. The predicted molar refractivity (Wildman–Crippen MR) is 71.6 cm³/mol. The first kappa shape index (κ1) is 12.6. The highest BCUT2D eigenvalue weighted by Crippen LogP contribution is 2.24. The second-order valence-corrected chi connectivity index (χ2v) is 5.18. The predicted octanol–water partition coefficient (Wildman–Crippen LogP) is 2.00. The minimum Gasteiger partial charge on any atom is -0.354 e. The van der Waals surface area contributed by atoms with Gasteiger partial charge < -0.3 is 4.90 Å². The molecule has 2 aromatic heterocycles. The van der Waals surface area contributed by atoms with E-state index >= 15 is 0 Å². The number of anilines is 1. The van der Waals surface area contributed by atoms with Crippen LogP contribution in [0.5, 0.6) is 0 Å². The molecule has 18 heavy (non-hydrogen) atoms. The van der Waals surface area contributed by atoms with E-state index in [1.165, 1.54) is 4.88 Å². The summed E-state index contributed by atoms with van der Waals surface area (Å²) >= 11 is 1.63. The van der Waals surface area contributed by atoms with E-state index in [1.54, 1.807) is 16.0 Å². The number of aryl methyl sites for hydroxylation is 3. The molecule has 2 aromatic rings. The maximum Gasteiger partial charge on any atom is 0.145 e. The van der Waals surface area contributed by atoms with Crippen LogP contribution < -0.4 is 4.90 Å². The topological polar surface area (TPSA) is 57.7 Å². The molecule has 0 spiro atoms. The normalized spacial score (nSPS) is 10.4. The Hall–Kier alpha value is -1.87. The molecule has 2 heterocycles. The summed E-state index contributed by atoms with van der Waals surface area (Å²) in [7, 11) is 3.83. The van der Waals surface area contributed by atoms with Crippen molar-refractivity contribution < 1.29 is 0 Å². The fourth-order valence-electron chi connectivity index (χ4n) is 1.98. The van der Waals surface area contributed by atoms with E-state index in [9.17, 15) is 5.26 Å². The Morgan fingerprint density at radius 1 is 1.44 bits per heavy atom. The standard InChI is InChI=1S/C12H15N5S/c1-8-10(5-13)12(17(4)15-8)16(3)6-11-9(2)14-7-18-11/h7H,6H2,1-4H3. The molecule has 0 saturated carbocycles. The Bertz CT molecular complexity index is 605. The van der Waals surface area contributed by atoms with Crippen molar-refractivity contribution in [2.75, 3.05) is 11.9 Å². The summed E-state index contributed by atoms with van der Waals surface area (Å²) in [5.41, 5.74) is 4.30. The largest absolute Gasteiger partial charge is 0.354 e. The van der Waals surface area contributed by atoms with Gasteiger partial charge in [-0.15, -0.1) is 11.3 Å². The second-order valence-electron chi connectivity index (χ2n) is 4.24. The molecule has 0 aliphatic heterocycles. The van der Waals surface area contributed by atoms with Crippen molar-refractivity contribution in [3.8, 4) is 6.07 Å². The molecular weight excluding hydrogens is 246 g/mol. The Balaban J connectivity index is 2.33. The van der Waals surface area contributed by atoms with Crippen molar-refractivity contribution in [2.45, 2.75) is 20.4 Å². The number of nitrogens with zero attached hydrogens (tertiary/aromatic N) is 5. The average Bonchev–Trinajstić information content (AvgIpc) is 2.82. The summed E-state index contributed by atoms with van der Waals surface area (Å²) in [4.78, 5) is 7.49. The van der Waals surface area contributed by atoms with Crippen LogP contribution in [0.15, 0.2) is 5.51 Å². The second kappa shape index (κ2) is 4.78. The van der Waals surface area contributed by atoms with Gasteiger partial charge in [-0.05, 0) is 13.8 Å². The fourth-order valence-corrected chi connectivity index (χ4v) is 2.81. The molecule has 6 heteroatoms. The van der Waals surface area contributed by atoms with Crippen LogP contribution in [-0.2, 0) is 13.6 Å². The zero-order chi connectivity index (χ0) is 13.3. The minimum atomic E-state index is 0.641. The average molecular weight is 261 g/mol. The maximum absolute atomic E-state index is 9.20. The van der Waals surface area contributed by atoms with Crippen LogP contribution in [-0.4, -0.2) is 21.8 Å². The zero-order valence-electron chi connectivity index (χ0n) is 10.9. The molecule has 0 saturated heterocycles. The van der Waals surface area contributed by atoms with Crippen LogP contribution in [0.2, 0.25) is 0 Å². The first-order valence-electron chi connectivity index (χ1n) is 5.58. The Morgan fingerprint density at radius 3 is 2.72 bits per heavy atom. The van der Waals surface area contributed by atoms with Gasteiger partial charge in [-0.1, -0.05) is 0 Å². The monoisotopic (exact) mass is 261 g/mol. The van der Waals surface area contributed by atoms with Gasteiger partial charge in [0.2, 0.25) is 0 Å². The number of rotatable bonds is 3. The van der Waals surface area contributed by atoms with Crippen LogP contribution in [0.3, 0.4) is 0 Å². The lowest BCUT2D eigenvalue weighted by atomic mass is 10.2. The van der Waals surface area contributed by atoms with Gasteiger partial charge in [-0.25, -0.2) is 4.98 Å². The minimum absolute atomic E-state index is 0.641. The number of nitriles is 1.